The Hall–Kier alpha value is -2.87. The number of nitrogens with zero attached hydrogens (tertiary/aromatic N) is 3. The summed E-state index contributed by atoms with van der Waals surface area (Å²) in [4.78, 5) is 22.6. The van der Waals surface area contributed by atoms with Gasteiger partial charge in [0.25, 0.3) is 5.88 Å². The molecular formula is C19H24N4O4. The molecule has 0 amide bonds. The first-order valence-electron chi connectivity index (χ1n) is 8.90. The fourth-order valence-corrected chi connectivity index (χ4v) is 2.84. The van der Waals surface area contributed by atoms with Gasteiger partial charge in [-0.1, -0.05) is 0 Å². The van der Waals surface area contributed by atoms with Crippen molar-refractivity contribution in [2.24, 2.45) is 0 Å². The van der Waals surface area contributed by atoms with E-state index in [0.717, 1.165) is 32.0 Å². The van der Waals surface area contributed by atoms with Crippen LogP contribution >= 0.6 is 0 Å². The van der Waals surface area contributed by atoms with Gasteiger partial charge in [0.15, 0.2) is 11.6 Å². The van der Waals surface area contributed by atoms with E-state index in [4.69, 9.17) is 14.2 Å². The Morgan fingerprint density at radius 2 is 1.89 bits per heavy atom. The molecule has 0 atom stereocenters. The number of ketones is 1. The maximum Gasteiger partial charge on any atom is 0.257 e. The van der Waals surface area contributed by atoms with E-state index in [2.05, 4.69) is 20.2 Å². The van der Waals surface area contributed by atoms with Crippen molar-refractivity contribution in [3.05, 3.63) is 36.2 Å². The third kappa shape index (κ3) is 4.85. The topological polar surface area (TPSA) is 85.8 Å². The Morgan fingerprint density at radius 1 is 1.15 bits per heavy atom. The van der Waals surface area contributed by atoms with Crippen LogP contribution in [-0.4, -0.2) is 62.3 Å². The van der Waals surface area contributed by atoms with Gasteiger partial charge in [-0.25, -0.2) is 9.97 Å². The van der Waals surface area contributed by atoms with E-state index in [1.807, 2.05) is 0 Å². The lowest BCUT2D eigenvalue weighted by Gasteiger charge is -2.28. The lowest BCUT2D eigenvalue weighted by atomic mass is 10.1. The fraction of sp³-hybridized carbons (Fsp3) is 0.421. The molecule has 3 rings (SSSR count). The molecule has 0 bridgehead atoms. The van der Waals surface area contributed by atoms with Crippen molar-refractivity contribution in [3.63, 3.8) is 0 Å². The Balaban J connectivity index is 1.60. The number of hydrogen-bond donors (Lipinski definition) is 1. The second-order valence-corrected chi connectivity index (χ2v) is 6.04. The van der Waals surface area contributed by atoms with Crippen LogP contribution < -0.4 is 24.4 Å². The normalized spacial score (nSPS) is 13.9. The maximum absolute atomic E-state index is 11.8. The van der Waals surface area contributed by atoms with Crippen molar-refractivity contribution in [2.75, 3.05) is 51.4 Å². The first-order chi connectivity index (χ1) is 13.2. The van der Waals surface area contributed by atoms with Gasteiger partial charge in [-0.3, -0.25) is 4.79 Å². The summed E-state index contributed by atoms with van der Waals surface area (Å²) >= 11 is 0. The molecule has 1 fully saturated rings. The molecule has 0 aliphatic carbocycles. The van der Waals surface area contributed by atoms with Gasteiger partial charge in [0, 0.05) is 44.6 Å². The first-order valence-corrected chi connectivity index (χ1v) is 8.90. The zero-order chi connectivity index (χ0) is 19.1. The molecule has 0 spiro atoms. The summed E-state index contributed by atoms with van der Waals surface area (Å²) in [6.07, 6.45) is 3.27. The smallest absolute Gasteiger partial charge is 0.257 e. The Bertz CT molecular complexity index is 778. The number of anilines is 1. The van der Waals surface area contributed by atoms with Crippen LogP contribution in [0.4, 0.5) is 5.82 Å². The number of methoxy groups -OCH3 is 1. The minimum absolute atomic E-state index is 0.0662. The summed E-state index contributed by atoms with van der Waals surface area (Å²) in [6, 6.07) is 5.13. The summed E-state index contributed by atoms with van der Waals surface area (Å²) < 4.78 is 16.7. The lowest BCUT2D eigenvalue weighted by molar-refractivity contribution is 0.101. The number of hydrogen-bond acceptors (Lipinski definition) is 8. The molecule has 1 saturated heterocycles. The highest BCUT2D eigenvalue weighted by Gasteiger charge is 2.17. The van der Waals surface area contributed by atoms with Crippen LogP contribution in [-0.2, 0) is 0 Å². The van der Waals surface area contributed by atoms with Gasteiger partial charge >= 0.3 is 0 Å². The molecule has 1 aliphatic rings. The molecule has 8 nitrogen and oxygen atoms in total. The van der Waals surface area contributed by atoms with Crippen molar-refractivity contribution in [3.8, 4) is 17.4 Å². The lowest BCUT2D eigenvalue weighted by Crippen LogP contribution is -2.44. The average Bonchev–Trinajstić information content (AvgIpc) is 2.72. The van der Waals surface area contributed by atoms with E-state index >= 15 is 0 Å². The predicted molar refractivity (Wildman–Crippen MR) is 101 cm³/mol. The van der Waals surface area contributed by atoms with E-state index in [0.29, 0.717) is 22.9 Å². The number of carbonyl (C=O) groups is 1. The molecule has 1 N–H and O–H groups in total. The molecule has 1 aromatic heterocycles. The van der Waals surface area contributed by atoms with Gasteiger partial charge in [-0.2, -0.15) is 0 Å². The highest BCUT2D eigenvalue weighted by molar-refractivity contribution is 5.97. The monoisotopic (exact) mass is 372 g/mol. The molecule has 0 radical (unpaired) electrons. The quantitative estimate of drug-likeness (QED) is 0.552. The van der Waals surface area contributed by atoms with E-state index in [1.165, 1.54) is 6.92 Å². The highest BCUT2D eigenvalue weighted by Crippen LogP contribution is 2.26. The van der Waals surface area contributed by atoms with E-state index < -0.39 is 0 Å². The summed E-state index contributed by atoms with van der Waals surface area (Å²) in [6.45, 7) is 5.59. The van der Waals surface area contributed by atoms with E-state index in [9.17, 15) is 4.79 Å². The summed E-state index contributed by atoms with van der Waals surface area (Å²) in [5, 5.41) is 3.31. The summed E-state index contributed by atoms with van der Waals surface area (Å²) in [5.74, 6) is 2.27. The van der Waals surface area contributed by atoms with Gasteiger partial charge in [-0.15, -0.1) is 0 Å². The molecule has 2 aromatic rings. The van der Waals surface area contributed by atoms with Gasteiger partial charge in [-0.05, 0) is 19.1 Å². The molecule has 1 aromatic carbocycles. The zero-order valence-electron chi connectivity index (χ0n) is 15.6. The van der Waals surface area contributed by atoms with E-state index in [-0.39, 0.29) is 19.0 Å². The van der Waals surface area contributed by atoms with Crippen molar-refractivity contribution < 1.29 is 19.0 Å². The van der Waals surface area contributed by atoms with Gasteiger partial charge < -0.3 is 24.4 Å². The Kier molecular flexibility index (Phi) is 6.43. The minimum Gasteiger partial charge on any atom is -0.497 e. The van der Waals surface area contributed by atoms with Crippen molar-refractivity contribution in [1.82, 2.24) is 15.3 Å². The van der Waals surface area contributed by atoms with Crippen LogP contribution in [0.25, 0.3) is 0 Å². The first kappa shape index (κ1) is 18.9. The third-order valence-electron chi connectivity index (χ3n) is 4.21. The number of nitrogens with one attached hydrogen (secondary N) is 1. The van der Waals surface area contributed by atoms with Crippen LogP contribution in [0.3, 0.4) is 0 Å². The molecule has 0 unspecified atom stereocenters. The summed E-state index contributed by atoms with van der Waals surface area (Å²) in [5.41, 5.74) is 0.511. The molecular weight excluding hydrogens is 348 g/mol. The number of Topliss-reactive ketones (excluding diaryl/α,β-unsaturated/α-hetero) is 1. The SMILES string of the molecule is COc1ccc(C(C)=O)c(OCCOc2nccnc2N2CCNCC2)c1. The second kappa shape index (κ2) is 9.18. The molecule has 0 saturated carbocycles. The Labute approximate surface area is 158 Å². The average molecular weight is 372 g/mol. The largest absolute Gasteiger partial charge is 0.497 e. The van der Waals surface area contributed by atoms with Gasteiger partial charge in [0.2, 0.25) is 0 Å². The molecule has 144 valence electrons. The standard InChI is InChI=1S/C19H24N4O4/c1-14(24)16-4-3-15(25-2)13-17(16)26-11-12-27-19-18(21-5-6-22-19)23-9-7-20-8-10-23/h3-6,13,20H,7-12H2,1-2H3. The third-order valence-corrected chi connectivity index (χ3v) is 4.21. The van der Waals surface area contributed by atoms with Gasteiger partial charge in [0.1, 0.15) is 24.7 Å². The van der Waals surface area contributed by atoms with Crippen LogP contribution in [0.15, 0.2) is 30.6 Å². The second-order valence-electron chi connectivity index (χ2n) is 6.04. The molecule has 27 heavy (non-hydrogen) atoms. The summed E-state index contributed by atoms with van der Waals surface area (Å²) in [7, 11) is 1.57. The highest BCUT2D eigenvalue weighted by atomic mass is 16.5. The number of benzene rings is 1. The number of carbonyl (C=O) groups excluding carboxylic acids is 1. The van der Waals surface area contributed by atoms with Crippen LogP contribution in [0.1, 0.15) is 17.3 Å². The van der Waals surface area contributed by atoms with Crippen LogP contribution in [0.5, 0.6) is 17.4 Å². The van der Waals surface area contributed by atoms with Crippen molar-refractivity contribution in [1.29, 1.82) is 0 Å². The maximum atomic E-state index is 11.8. The van der Waals surface area contributed by atoms with Crippen molar-refractivity contribution in [2.45, 2.75) is 6.92 Å². The molecule has 2 heterocycles. The van der Waals surface area contributed by atoms with Crippen molar-refractivity contribution >= 4 is 11.6 Å². The van der Waals surface area contributed by atoms with E-state index in [1.54, 1.807) is 37.7 Å². The molecule has 1 aliphatic heterocycles. The predicted octanol–water partition coefficient (Wildman–Crippen LogP) is 1.56. The minimum atomic E-state index is -0.0662. The Morgan fingerprint density at radius 3 is 2.63 bits per heavy atom. The number of rotatable bonds is 8. The van der Waals surface area contributed by atoms with Gasteiger partial charge in [0.05, 0.1) is 12.7 Å². The van der Waals surface area contributed by atoms with Crippen LogP contribution in [0.2, 0.25) is 0 Å². The number of aromatic nitrogens is 2. The molecule has 8 heteroatoms. The zero-order valence-corrected chi connectivity index (χ0v) is 15.6. The number of piperazine rings is 1. The fourth-order valence-electron chi connectivity index (χ4n) is 2.84. The number of ether oxygens (including phenoxy) is 3. The van der Waals surface area contributed by atoms with Crippen LogP contribution in [0, 0.1) is 0 Å².